The molecule has 6 aromatic rings. The van der Waals surface area contributed by atoms with E-state index in [1.54, 1.807) is 26.8 Å². The van der Waals surface area contributed by atoms with Crippen LogP contribution in [-0.4, -0.2) is 128 Å². The quantitative estimate of drug-likeness (QED) is 0.0365. The Morgan fingerprint density at radius 3 is 1.11 bits per heavy atom. The highest BCUT2D eigenvalue weighted by atomic mass is 32.2. The van der Waals surface area contributed by atoms with Crippen molar-refractivity contribution >= 4 is 44.9 Å². The van der Waals surface area contributed by atoms with Crippen LogP contribution in [0.25, 0.3) is 0 Å². The first-order chi connectivity index (χ1) is 47.2. The summed E-state index contributed by atoms with van der Waals surface area (Å²) in [5, 5.41) is 12.2. The molecule has 5 fully saturated rings. The zero-order valence-electron chi connectivity index (χ0n) is 56.5. The first kappa shape index (κ1) is 69.9. The highest BCUT2D eigenvalue weighted by molar-refractivity contribution is 7.86. The molecule has 0 spiro atoms. The van der Waals surface area contributed by atoms with Gasteiger partial charge in [-0.3, -0.25) is 23.5 Å². The maximum absolute atomic E-state index is 13.0. The van der Waals surface area contributed by atoms with Crippen LogP contribution >= 0.6 is 0 Å². The Bertz CT molecular complexity index is 3860. The maximum Gasteiger partial charge on any atom is 0.294 e. The molecule has 5 heterocycles. The number of benzene rings is 6. The lowest BCUT2D eigenvalue weighted by atomic mass is 10.1. The molecule has 0 bridgehead atoms. The molecule has 3 aliphatic carbocycles. The number of likely N-dealkylation sites (tertiary alicyclic amines) is 1. The van der Waals surface area contributed by atoms with Crippen molar-refractivity contribution in [3.8, 4) is 34.5 Å². The molecule has 5 aliphatic heterocycles. The van der Waals surface area contributed by atoms with E-state index in [0.717, 1.165) is 70.9 Å². The molecular formula is C78H93N5O13S. The van der Waals surface area contributed by atoms with Gasteiger partial charge in [-0.25, -0.2) is 0 Å². The van der Waals surface area contributed by atoms with E-state index in [9.17, 15) is 22.8 Å². The first-order valence-electron chi connectivity index (χ1n) is 34.8. The number of aliphatic hydroxyl groups is 1. The van der Waals surface area contributed by atoms with E-state index in [4.69, 9.17) is 37.7 Å². The van der Waals surface area contributed by atoms with E-state index < -0.39 is 10.1 Å². The topological polar surface area (TPSA) is 195 Å². The largest absolute Gasteiger partial charge is 0.492 e. The molecule has 97 heavy (non-hydrogen) atoms. The van der Waals surface area contributed by atoms with Crippen molar-refractivity contribution in [3.63, 3.8) is 0 Å². The van der Waals surface area contributed by atoms with Crippen LogP contribution in [0.5, 0.6) is 34.5 Å². The van der Waals surface area contributed by atoms with Crippen LogP contribution < -0.4 is 48.4 Å². The summed E-state index contributed by atoms with van der Waals surface area (Å²) >= 11 is 0. The first-order valence-corrected chi connectivity index (χ1v) is 36.6. The summed E-state index contributed by atoms with van der Waals surface area (Å²) in [5.74, 6) is 7.11. The van der Waals surface area contributed by atoms with E-state index in [1.807, 2.05) is 105 Å². The third kappa shape index (κ3) is 19.7. The number of hydrogen-bond acceptors (Lipinski definition) is 15. The van der Waals surface area contributed by atoms with Gasteiger partial charge in [0.05, 0.1) is 12.9 Å². The molecular weight excluding hydrogens is 1250 g/mol. The molecule has 3 saturated carbocycles. The van der Waals surface area contributed by atoms with Gasteiger partial charge in [-0.05, 0) is 270 Å². The second kappa shape index (κ2) is 33.7. The van der Waals surface area contributed by atoms with Crippen molar-refractivity contribution in [2.75, 3.05) is 106 Å². The van der Waals surface area contributed by atoms with Crippen molar-refractivity contribution in [3.05, 3.63) is 196 Å². The lowest BCUT2D eigenvalue weighted by molar-refractivity contribution is -0.117. The van der Waals surface area contributed by atoms with Gasteiger partial charge in [-0.1, -0.05) is 57.2 Å². The fourth-order valence-corrected chi connectivity index (χ4v) is 12.6. The van der Waals surface area contributed by atoms with Crippen LogP contribution in [0.2, 0.25) is 0 Å². The summed E-state index contributed by atoms with van der Waals surface area (Å²) in [6.45, 7) is 14.4. The zero-order chi connectivity index (χ0) is 67.7. The molecule has 6 aromatic carbocycles. The van der Waals surface area contributed by atoms with E-state index in [2.05, 4.69) is 59.6 Å². The number of carbonyl (C=O) groups excluding carboxylic acids is 3. The number of aryl methyl sites for hydroxylation is 3. The Morgan fingerprint density at radius 1 is 0.454 bits per heavy atom. The lowest BCUT2D eigenvalue weighted by Crippen LogP contribution is -2.28. The van der Waals surface area contributed by atoms with Crippen molar-refractivity contribution in [1.82, 2.24) is 10.2 Å². The second-order valence-corrected chi connectivity index (χ2v) is 27.2. The minimum absolute atomic E-state index is 0.0260. The number of aliphatic hydroxyl groups excluding tert-OH is 1. The van der Waals surface area contributed by atoms with E-state index in [0.29, 0.717) is 90.7 Å². The van der Waals surface area contributed by atoms with Crippen molar-refractivity contribution in [2.45, 2.75) is 122 Å². The number of anilines is 3. The molecule has 19 heteroatoms. The van der Waals surface area contributed by atoms with Gasteiger partial charge in [0.2, 0.25) is 0 Å². The Hall–Kier alpha value is -8.46. The normalized spacial score (nSPS) is 17.5. The van der Waals surface area contributed by atoms with Crippen molar-refractivity contribution in [2.24, 2.45) is 0 Å². The van der Waals surface area contributed by atoms with Gasteiger partial charge in [0, 0.05) is 43.2 Å². The molecule has 0 unspecified atom stereocenters. The summed E-state index contributed by atoms with van der Waals surface area (Å²) in [4.78, 5) is 46.3. The van der Waals surface area contributed by atoms with Gasteiger partial charge in [-0.15, -0.1) is 0 Å². The number of amides is 3. The van der Waals surface area contributed by atoms with Crippen LogP contribution in [-0.2, 0) is 47.9 Å². The second-order valence-electron chi connectivity index (χ2n) is 25.5. The minimum Gasteiger partial charge on any atom is -0.492 e. The smallest absolute Gasteiger partial charge is 0.294 e. The number of nitrogens with one attached hydrogen (secondary N) is 1. The van der Waals surface area contributed by atoms with E-state index >= 15 is 0 Å². The predicted octanol–water partition coefficient (Wildman–Crippen LogP) is 12.9. The highest BCUT2D eigenvalue weighted by Crippen LogP contribution is 2.43. The zero-order valence-corrected chi connectivity index (χ0v) is 57.3. The van der Waals surface area contributed by atoms with Crippen LogP contribution in [0.1, 0.15) is 136 Å². The van der Waals surface area contributed by atoms with E-state index in [1.165, 1.54) is 107 Å². The van der Waals surface area contributed by atoms with Crippen molar-refractivity contribution in [1.29, 1.82) is 0 Å². The van der Waals surface area contributed by atoms with Gasteiger partial charge < -0.3 is 53.5 Å². The molecule has 514 valence electrons. The molecule has 2 N–H and O–H groups in total. The summed E-state index contributed by atoms with van der Waals surface area (Å²) in [7, 11) is -3.49. The summed E-state index contributed by atoms with van der Waals surface area (Å²) in [6.07, 6.45) is 21.8. The molecule has 0 aromatic heterocycles. The number of ether oxygens (including phenoxy) is 6. The van der Waals surface area contributed by atoms with Crippen molar-refractivity contribution < 1.29 is 60.5 Å². The van der Waals surface area contributed by atoms with Crippen LogP contribution in [0.4, 0.5) is 17.1 Å². The molecule has 14 rings (SSSR count). The molecule has 0 radical (unpaired) electrons. The summed E-state index contributed by atoms with van der Waals surface area (Å²) in [6, 6.07) is 41.4. The van der Waals surface area contributed by atoms with Gasteiger partial charge in [0.25, 0.3) is 27.8 Å². The number of nitrogens with zero attached hydrogens (tertiary/aromatic N) is 4. The Balaban J connectivity index is 0.000000142. The van der Waals surface area contributed by atoms with Crippen LogP contribution in [0.15, 0.2) is 163 Å². The van der Waals surface area contributed by atoms with Gasteiger partial charge in [0.1, 0.15) is 60.9 Å². The number of hydrogen-bond donors (Lipinski definition) is 2. The summed E-state index contributed by atoms with van der Waals surface area (Å²) < 4.78 is 61.7. The fourth-order valence-electron chi connectivity index (χ4n) is 12.3. The standard InChI is InChI=1S/C27H32N2O3.C24H27NO6S.C23H25NO4.C4H9N/c1-2-20-19-23(9-12-25(20)31-18-17-28-14-3-4-15-28)29-16-13-26(27(29)30)32-24-10-7-22(8-11-24)21-5-6-21;1-3-17-16-20(8-11-22(17)29-14-15-30-32(2,27)28)25-13-12-23(24(25)26)31-21-9-6-19(7-10-21)18-4-5-18;1-2-16-15-19(7-10-21(16)27-14-13-25)24-12-11-22(23(24)26)28-20-8-5-18(6-9-20)17-3-4-17;1-2-4-5-3-1/h7-13,19,21H,2-6,14-18H2,1H3;6-12,16,18H,3-5,13-15H2,1-2H3;5-11,15,17,25H,2-4,12-14H2,1H3;5H,1-4H2. The molecule has 2 saturated heterocycles. The monoisotopic (exact) mass is 1340 g/mol. The third-order valence-corrected chi connectivity index (χ3v) is 18.8. The average molecular weight is 1340 g/mol. The van der Waals surface area contributed by atoms with E-state index in [-0.39, 0.29) is 44.1 Å². The SMILES string of the molecule is C1CCNC1.CCc1cc(N2CC=C(Oc3ccc(C4CC4)cc3)C2=O)ccc1OCCN1CCCC1.CCc1cc(N2CC=C(Oc3ccc(C4CC4)cc3)C2=O)ccc1OCCO.CCc1cc(N2CC=C(Oc3ccc(C4CC4)cc3)C2=O)ccc1OCCOS(C)(=O)=O. The predicted molar refractivity (Wildman–Crippen MR) is 378 cm³/mol. The third-order valence-electron chi connectivity index (χ3n) is 18.2. The molecule has 0 atom stereocenters. The average Bonchev–Trinajstić information content (AvgIpc) is 1.71. The molecule has 8 aliphatic rings. The Kier molecular flexibility index (Phi) is 24.3. The minimum atomic E-state index is -3.49. The van der Waals surface area contributed by atoms with Gasteiger partial charge >= 0.3 is 0 Å². The molecule has 3 amide bonds. The number of carbonyl (C=O) groups is 3. The van der Waals surface area contributed by atoms with Gasteiger partial charge in [0.15, 0.2) is 17.3 Å². The number of rotatable bonds is 27. The van der Waals surface area contributed by atoms with Gasteiger partial charge in [-0.2, -0.15) is 8.42 Å². The summed E-state index contributed by atoms with van der Waals surface area (Å²) in [5.41, 5.74) is 9.53. The molecule has 18 nitrogen and oxygen atoms in total. The fraction of sp³-hybridized carbons (Fsp3) is 0.423. The Labute approximate surface area is 571 Å². The maximum atomic E-state index is 13.0. The highest BCUT2D eigenvalue weighted by Gasteiger charge is 2.32. The Morgan fingerprint density at radius 2 is 0.804 bits per heavy atom. The lowest BCUT2D eigenvalue weighted by Gasteiger charge is -2.20. The van der Waals surface area contributed by atoms with Crippen LogP contribution in [0.3, 0.4) is 0 Å². The van der Waals surface area contributed by atoms with Crippen LogP contribution in [0, 0.1) is 0 Å².